The number of ketones is 1. The average molecular weight is 1190 g/mol. The van der Waals surface area contributed by atoms with E-state index in [0.717, 1.165) is 0 Å². The van der Waals surface area contributed by atoms with E-state index in [1.807, 2.05) is 0 Å². The Morgan fingerprint density at radius 1 is 0.741 bits per heavy atom. The fourth-order valence-electron chi connectivity index (χ4n) is 13.6. The molecule has 13 unspecified atom stereocenters. The number of aliphatic hydroxyl groups is 6. The van der Waals surface area contributed by atoms with Crippen molar-refractivity contribution < 1.29 is 102 Å². The molecule has 16 atom stereocenters. The third-order valence-electron chi connectivity index (χ3n) is 17.8. The van der Waals surface area contributed by atoms with Gasteiger partial charge < -0.3 is 74.4 Å². The summed E-state index contributed by atoms with van der Waals surface area (Å²) in [7, 11) is 0. The van der Waals surface area contributed by atoms with Crippen molar-refractivity contribution in [3.05, 3.63) is 119 Å². The first kappa shape index (κ1) is 64.0. The van der Waals surface area contributed by atoms with Crippen molar-refractivity contribution >= 4 is 47.4 Å². The number of Topliss-reactive ketones (excluding diaryl/α,β-unsaturated/α-hetero) is 1. The molecule has 2 heterocycles. The molecule has 3 aromatic rings. The summed E-state index contributed by atoms with van der Waals surface area (Å²) in [6.45, 7) is 8.27. The summed E-state index contributed by atoms with van der Waals surface area (Å²) in [6, 6.07) is 23.0. The minimum atomic E-state index is -2.17. The van der Waals surface area contributed by atoms with Crippen LogP contribution in [0.2, 0.25) is 0 Å². The van der Waals surface area contributed by atoms with Crippen LogP contribution in [0.5, 0.6) is 0 Å². The number of nitrogens with one attached hydrogen (secondary N) is 2. The Balaban J connectivity index is 1.12. The Kier molecular flexibility index (Phi) is 19.8. The monoisotopic (exact) mass is 1180 g/mol. The lowest BCUT2D eigenvalue weighted by Crippen LogP contribution is -2.78. The highest BCUT2D eigenvalue weighted by atomic mass is 16.7. The van der Waals surface area contributed by atoms with Gasteiger partial charge >= 0.3 is 29.8 Å². The predicted octanol–water partition coefficient (Wildman–Crippen LogP) is 2.79. The maximum absolute atomic E-state index is 15.5. The summed E-state index contributed by atoms with van der Waals surface area (Å²) < 4.78 is 41.2. The van der Waals surface area contributed by atoms with Crippen molar-refractivity contribution in [2.45, 2.75) is 171 Å². The van der Waals surface area contributed by atoms with Gasteiger partial charge in [-0.3, -0.25) is 33.6 Å². The lowest BCUT2D eigenvalue weighted by atomic mass is 9.42. The predicted molar refractivity (Wildman–Crippen MR) is 296 cm³/mol. The SMILES string of the molecule is CC(=O)OC1C[C@]2(C)C(O)CC3OC[C@@]3(OC(C)=O)C2[C@H](CC(=O)c2ccccc2)C2(O)CC(OC(=O)C(OC(=O)CCC(=O)NCCCC(=O)OC3C(O)C(O)OC(CO)C3O)C(NC(=O)c3ccccc3)c3ccccc3)C(C)=C1C2(C)C. The van der Waals surface area contributed by atoms with Gasteiger partial charge in [0.15, 0.2) is 23.8 Å². The minimum Gasteiger partial charge on any atom is -0.458 e. The molecule has 0 radical (unpaired) electrons. The lowest BCUT2D eigenvalue weighted by molar-refractivity contribution is -0.347. The molecule has 2 bridgehead atoms. The normalized spacial score (nSPS) is 31.7. The molecule has 2 aliphatic heterocycles. The van der Waals surface area contributed by atoms with Crippen molar-refractivity contribution in [3.63, 3.8) is 0 Å². The number of ether oxygens (including phenoxy) is 7. The highest BCUT2D eigenvalue weighted by Crippen LogP contribution is 2.67. The van der Waals surface area contributed by atoms with Crippen molar-refractivity contribution in [2.24, 2.45) is 22.7 Å². The Morgan fingerprint density at radius 2 is 1.38 bits per heavy atom. The van der Waals surface area contributed by atoms with Crippen LogP contribution in [0.15, 0.2) is 102 Å². The molecule has 2 saturated carbocycles. The first-order valence-corrected chi connectivity index (χ1v) is 28.5. The fraction of sp³-hybridized carbons (Fsp3) is 0.548. The molecular formula is C62H76N2O21. The number of hydrogen-bond donors (Lipinski definition) is 8. The summed E-state index contributed by atoms with van der Waals surface area (Å²) in [5, 5.41) is 72.0. The Morgan fingerprint density at radius 3 is 1.98 bits per heavy atom. The van der Waals surface area contributed by atoms with Crippen molar-refractivity contribution in [2.75, 3.05) is 19.8 Å². The number of esters is 5. The van der Waals surface area contributed by atoms with Gasteiger partial charge in [-0.2, -0.15) is 0 Å². The molecule has 3 aromatic carbocycles. The quantitative estimate of drug-likeness (QED) is 0.0250. The van der Waals surface area contributed by atoms with Gasteiger partial charge in [0.2, 0.25) is 12.0 Å². The summed E-state index contributed by atoms with van der Waals surface area (Å²) in [5.74, 6) is -8.69. The number of hydrogen-bond acceptors (Lipinski definition) is 21. The molecule has 2 amide bonds. The molecule has 3 aliphatic carbocycles. The van der Waals surface area contributed by atoms with Gasteiger partial charge in [-0.1, -0.05) is 99.6 Å². The standard InChI is InChI=1S/C62H76N2O21/c1-33-41(30-62(78)39(27-40(68)36-17-10-7-11-18-36)55-60(6,29-42(80-34(2)66)49(33)59(62,4)5)44(69)28-45-61(55,32-79-45)85-35(3)67)81-58(77)53(50(37-19-12-8-13-20-37)64-56(75)38-21-14-9-15-22-38)83-48(72)25-24-46(70)63-26-16-23-47(71)84-54-51(73)43(31-65)82-57(76)52(54)74/h7-15,17-22,39,41-45,50-55,57,65,69,73-74,76,78H,16,23-32H2,1-6H3,(H,63,70)(H,64,75)/t39-,41?,42?,43?,44?,45?,50?,51?,52?,53?,54?,55?,57?,60+,61-,62?/m0/s1. The number of amides is 2. The fourth-order valence-corrected chi connectivity index (χ4v) is 13.6. The van der Waals surface area contributed by atoms with Gasteiger partial charge in [-0.15, -0.1) is 0 Å². The number of fused-ring (bicyclic) bond motifs is 5. The molecule has 8 rings (SSSR count). The molecule has 0 spiro atoms. The van der Waals surface area contributed by atoms with Gasteiger partial charge in [0.05, 0.1) is 31.3 Å². The van der Waals surface area contributed by atoms with E-state index in [2.05, 4.69) is 10.6 Å². The molecule has 8 N–H and O–H groups in total. The summed E-state index contributed by atoms with van der Waals surface area (Å²) in [6.07, 6.45) is -17.5. The van der Waals surface area contributed by atoms with Crippen molar-refractivity contribution in [3.8, 4) is 0 Å². The summed E-state index contributed by atoms with van der Waals surface area (Å²) in [5.41, 5.74) is -5.11. The maximum Gasteiger partial charge on any atom is 0.350 e. The third-order valence-corrected chi connectivity index (χ3v) is 17.8. The first-order valence-electron chi connectivity index (χ1n) is 28.5. The molecule has 23 nitrogen and oxygen atoms in total. The Hall–Kier alpha value is -6.96. The van der Waals surface area contributed by atoms with E-state index in [9.17, 15) is 64.2 Å². The lowest BCUT2D eigenvalue weighted by Gasteiger charge is -2.69. The van der Waals surface area contributed by atoms with Crippen molar-refractivity contribution in [1.29, 1.82) is 0 Å². The van der Waals surface area contributed by atoms with E-state index in [-0.39, 0.29) is 56.4 Å². The second-order valence-electron chi connectivity index (χ2n) is 23.5. The molecule has 4 fully saturated rings. The summed E-state index contributed by atoms with van der Waals surface area (Å²) >= 11 is 0. The molecule has 0 aromatic heterocycles. The number of carbonyl (C=O) groups is 8. The van der Waals surface area contributed by atoms with Crippen LogP contribution in [0, 0.1) is 22.7 Å². The van der Waals surface area contributed by atoms with Gasteiger partial charge in [0, 0.05) is 86.3 Å². The minimum absolute atomic E-state index is 0.00229. The van der Waals surface area contributed by atoms with E-state index in [0.29, 0.717) is 16.7 Å². The van der Waals surface area contributed by atoms with E-state index in [4.69, 9.17) is 33.2 Å². The van der Waals surface area contributed by atoms with E-state index >= 15 is 4.79 Å². The van der Waals surface area contributed by atoms with Gasteiger partial charge in [-0.25, -0.2) is 4.79 Å². The van der Waals surface area contributed by atoms with Crippen LogP contribution in [-0.2, 0) is 61.9 Å². The van der Waals surface area contributed by atoms with Crippen LogP contribution < -0.4 is 10.6 Å². The van der Waals surface area contributed by atoms with E-state index in [1.165, 1.54) is 26.0 Å². The molecule has 2 saturated heterocycles. The number of aliphatic hydroxyl groups excluding tert-OH is 5. The number of carbonyl (C=O) groups excluding carboxylic acids is 8. The van der Waals surface area contributed by atoms with E-state index in [1.54, 1.807) is 107 Å². The van der Waals surface area contributed by atoms with Crippen LogP contribution in [0.4, 0.5) is 0 Å². The van der Waals surface area contributed by atoms with Crippen LogP contribution >= 0.6 is 0 Å². The molecule has 23 heteroatoms. The van der Waals surface area contributed by atoms with E-state index < -0.39 is 174 Å². The average Bonchev–Trinajstić information content (AvgIpc) is 0.728. The zero-order chi connectivity index (χ0) is 61.8. The van der Waals surface area contributed by atoms with Crippen LogP contribution in [0.1, 0.15) is 125 Å². The van der Waals surface area contributed by atoms with Gasteiger partial charge in [0.1, 0.15) is 42.7 Å². The van der Waals surface area contributed by atoms with Crippen LogP contribution in [0.25, 0.3) is 0 Å². The zero-order valence-corrected chi connectivity index (χ0v) is 48.3. The van der Waals surface area contributed by atoms with Crippen molar-refractivity contribution in [1.82, 2.24) is 10.6 Å². The smallest absolute Gasteiger partial charge is 0.350 e. The highest BCUT2D eigenvalue weighted by Gasteiger charge is 2.75. The zero-order valence-electron chi connectivity index (χ0n) is 48.3. The third kappa shape index (κ3) is 13.2. The second kappa shape index (κ2) is 26.3. The van der Waals surface area contributed by atoms with Gasteiger partial charge in [0.25, 0.3) is 5.91 Å². The Labute approximate surface area is 491 Å². The van der Waals surface area contributed by atoms with Crippen LogP contribution in [-0.4, -0.2) is 170 Å². The molecular weight excluding hydrogens is 1110 g/mol. The van der Waals surface area contributed by atoms with Gasteiger partial charge in [-0.05, 0) is 48.6 Å². The number of rotatable bonds is 21. The summed E-state index contributed by atoms with van der Waals surface area (Å²) in [4.78, 5) is 111. The second-order valence-corrected chi connectivity index (χ2v) is 23.5. The largest absolute Gasteiger partial charge is 0.458 e. The Bertz CT molecular complexity index is 2980. The molecule has 85 heavy (non-hydrogen) atoms. The molecule has 5 aliphatic rings. The number of benzene rings is 3. The topological polar surface area (TPSA) is 347 Å². The first-order chi connectivity index (χ1) is 40.3. The molecule has 460 valence electrons. The maximum atomic E-state index is 15.5. The van der Waals surface area contributed by atoms with Crippen LogP contribution in [0.3, 0.4) is 0 Å². The highest BCUT2D eigenvalue weighted by molar-refractivity contribution is 5.96.